The molecule has 2 aliphatic rings. The predicted octanol–water partition coefficient (Wildman–Crippen LogP) is 3.55. The smallest absolute Gasteiger partial charge is 0.395 e. The van der Waals surface area contributed by atoms with Crippen LogP contribution in [0.5, 0.6) is 11.5 Å². The highest BCUT2D eigenvalue weighted by Gasteiger charge is 2.46. The molecule has 0 saturated carbocycles. The lowest BCUT2D eigenvalue weighted by atomic mass is 10.0. The molecule has 0 spiro atoms. The van der Waals surface area contributed by atoms with E-state index in [0.717, 1.165) is 24.9 Å². The van der Waals surface area contributed by atoms with Crippen LogP contribution < -0.4 is 9.47 Å². The van der Waals surface area contributed by atoms with Crippen molar-refractivity contribution in [1.82, 2.24) is 4.90 Å². The molecular formula is C14H17F2NO2. The monoisotopic (exact) mass is 269 g/mol. The molecule has 1 saturated heterocycles. The van der Waals surface area contributed by atoms with Crippen molar-refractivity contribution in [3.05, 3.63) is 23.8 Å². The van der Waals surface area contributed by atoms with Crippen LogP contribution in [0.4, 0.5) is 8.78 Å². The molecule has 1 unspecified atom stereocenters. The number of ether oxygens (including phenoxy) is 2. The number of rotatable bonds is 2. The average molecular weight is 269 g/mol. The first-order chi connectivity index (χ1) is 8.98. The summed E-state index contributed by atoms with van der Waals surface area (Å²) in [4.78, 5) is 2.31. The summed E-state index contributed by atoms with van der Waals surface area (Å²) in [5.41, 5.74) is 0.806. The molecule has 0 aliphatic carbocycles. The van der Waals surface area contributed by atoms with Gasteiger partial charge in [-0.05, 0) is 39.3 Å². The minimum Gasteiger partial charge on any atom is -0.395 e. The van der Waals surface area contributed by atoms with Crippen molar-refractivity contribution in [2.75, 3.05) is 6.54 Å². The largest absolute Gasteiger partial charge is 0.586 e. The molecule has 0 aromatic heterocycles. The number of halogens is 2. The molecule has 1 atom stereocenters. The second kappa shape index (κ2) is 4.34. The minimum atomic E-state index is -3.54. The number of alkyl halides is 2. The second-order valence-electron chi connectivity index (χ2n) is 5.33. The number of likely N-dealkylation sites (tertiary alicyclic amines) is 1. The van der Waals surface area contributed by atoms with Gasteiger partial charge in [-0.25, -0.2) is 0 Å². The van der Waals surface area contributed by atoms with Crippen molar-refractivity contribution in [2.45, 2.75) is 45.1 Å². The normalized spacial score (nSPS) is 25.2. The van der Waals surface area contributed by atoms with E-state index in [1.807, 2.05) is 6.07 Å². The number of para-hydroxylation sites is 1. The van der Waals surface area contributed by atoms with Gasteiger partial charge < -0.3 is 9.47 Å². The van der Waals surface area contributed by atoms with E-state index < -0.39 is 6.29 Å². The summed E-state index contributed by atoms with van der Waals surface area (Å²) in [7, 11) is 0. The quantitative estimate of drug-likeness (QED) is 0.819. The summed E-state index contributed by atoms with van der Waals surface area (Å²) in [6.45, 7) is 5.23. The highest BCUT2D eigenvalue weighted by molar-refractivity contribution is 5.50. The Morgan fingerprint density at radius 1 is 1.32 bits per heavy atom. The molecule has 0 N–H and O–H groups in total. The van der Waals surface area contributed by atoms with Gasteiger partial charge in [0.1, 0.15) is 0 Å². The Morgan fingerprint density at radius 3 is 2.84 bits per heavy atom. The lowest BCUT2D eigenvalue weighted by Gasteiger charge is -2.29. The Morgan fingerprint density at radius 2 is 2.11 bits per heavy atom. The SMILES string of the molecule is CC(C)N1CCCC1c1cccc2c1OC(F)(F)O2. The maximum Gasteiger partial charge on any atom is 0.586 e. The highest BCUT2D eigenvalue weighted by Crippen LogP contribution is 2.48. The third-order valence-corrected chi connectivity index (χ3v) is 3.78. The predicted molar refractivity (Wildman–Crippen MR) is 66.5 cm³/mol. The lowest BCUT2D eigenvalue weighted by Crippen LogP contribution is -2.30. The number of hydrogen-bond acceptors (Lipinski definition) is 3. The van der Waals surface area contributed by atoms with Crippen molar-refractivity contribution in [3.8, 4) is 11.5 Å². The molecule has 3 nitrogen and oxygen atoms in total. The van der Waals surface area contributed by atoms with E-state index in [4.69, 9.17) is 0 Å². The Labute approximate surface area is 111 Å². The molecule has 1 aromatic rings. The molecule has 0 amide bonds. The molecule has 0 radical (unpaired) electrons. The molecule has 5 heteroatoms. The maximum absolute atomic E-state index is 13.2. The van der Waals surface area contributed by atoms with Crippen molar-refractivity contribution >= 4 is 0 Å². The first-order valence-electron chi connectivity index (χ1n) is 6.62. The Balaban J connectivity index is 1.97. The van der Waals surface area contributed by atoms with Crippen LogP contribution >= 0.6 is 0 Å². The minimum absolute atomic E-state index is 0.132. The average Bonchev–Trinajstić information content (AvgIpc) is 2.89. The molecule has 3 rings (SSSR count). The molecular weight excluding hydrogens is 252 g/mol. The van der Waals surface area contributed by atoms with Crippen molar-refractivity contribution in [3.63, 3.8) is 0 Å². The molecule has 1 fully saturated rings. The van der Waals surface area contributed by atoms with Gasteiger partial charge >= 0.3 is 6.29 Å². The van der Waals surface area contributed by atoms with E-state index in [1.54, 1.807) is 6.07 Å². The van der Waals surface area contributed by atoms with Crippen molar-refractivity contribution in [2.24, 2.45) is 0 Å². The zero-order valence-corrected chi connectivity index (χ0v) is 11.0. The van der Waals surface area contributed by atoms with Crippen LogP contribution in [0, 0.1) is 0 Å². The van der Waals surface area contributed by atoms with Gasteiger partial charge in [-0.1, -0.05) is 12.1 Å². The topological polar surface area (TPSA) is 21.7 Å². The van der Waals surface area contributed by atoms with Gasteiger partial charge in [0.15, 0.2) is 11.5 Å². The summed E-state index contributed by atoms with van der Waals surface area (Å²) in [6.07, 6.45) is -1.51. The van der Waals surface area contributed by atoms with Crippen LogP contribution in [0.1, 0.15) is 38.3 Å². The van der Waals surface area contributed by atoms with Gasteiger partial charge in [0.05, 0.1) is 0 Å². The van der Waals surface area contributed by atoms with Crippen molar-refractivity contribution in [1.29, 1.82) is 0 Å². The molecule has 2 heterocycles. The van der Waals surface area contributed by atoms with E-state index in [2.05, 4.69) is 28.2 Å². The van der Waals surface area contributed by atoms with Crippen LogP contribution in [-0.4, -0.2) is 23.8 Å². The van der Waals surface area contributed by atoms with E-state index in [9.17, 15) is 8.78 Å². The van der Waals surface area contributed by atoms with Crippen LogP contribution in [-0.2, 0) is 0 Å². The third-order valence-electron chi connectivity index (χ3n) is 3.78. The zero-order chi connectivity index (χ0) is 13.6. The first kappa shape index (κ1) is 12.7. The highest BCUT2D eigenvalue weighted by atomic mass is 19.3. The van der Waals surface area contributed by atoms with E-state index in [-0.39, 0.29) is 17.5 Å². The van der Waals surface area contributed by atoms with Crippen LogP contribution in [0.3, 0.4) is 0 Å². The van der Waals surface area contributed by atoms with Crippen LogP contribution in [0.15, 0.2) is 18.2 Å². The van der Waals surface area contributed by atoms with E-state index >= 15 is 0 Å². The van der Waals surface area contributed by atoms with Gasteiger partial charge in [-0.2, -0.15) is 0 Å². The summed E-state index contributed by atoms with van der Waals surface area (Å²) >= 11 is 0. The Kier molecular flexibility index (Phi) is 2.89. The van der Waals surface area contributed by atoms with E-state index in [1.165, 1.54) is 6.07 Å². The van der Waals surface area contributed by atoms with Crippen LogP contribution in [0.2, 0.25) is 0 Å². The molecule has 1 aromatic carbocycles. The fourth-order valence-electron chi connectivity index (χ4n) is 2.99. The van der Waals surface area contributed by atoms with Gasteiger partial charge in [0, 0.05) is 17.6 Å². The number of hydrogen-bond donors (Lipinski definition) is 0. The van der Waals surface area contributed by atoms with Gasteiger partial charge in [-0.3, -0.25) is 4.90 Å². The third kappa shape index (κ3) is 2.16. The number of benzene rings is 1. The standard InChI is InChI=1S/C14H17F2NO2/c1-9(2)17-8-4-6-11(17)10-5-3-7-12-13(10)19-14(15,16)18-12/h3,5,7,9,11H,4,6,8H2,1-2H3. The summed E-state index contributed by atoms with van der Waals surface area (Å²) < 4.78 is 35.6. The summed E-state index contributed by atoms with van der Waals surface area (Å²) in [6, 6.07) is 5.64. The molecule has 0 bridgehead atoms. The first-order valence-corrected chi connectivity index (χ1v) is 6.62. The lowest BCUT2D eigenvalue weighted by molar-refractivity contribution is -0.287. The van der Waals surface area contributed by atoms with Gasteiger partial charge in [0.2, 0.25) is 0 Å². The van der Waals surface area contributed by atoms with E-state index in [0.29, 0.717) is 6.04 Å². The van der Waals surface area contributed by atoms with Gasteiger partial charge in [0.25, 0.3) is 0 Å². The number of nitrogens with zero attached hydrogens (tertiary/aromatic N) is 1. The Hall–Kier alpha value is -1.36. The summed E-state index contributed by atoms with van der Waals surface area (Å²) in [5.74, 6) is 0.336. The molecule has 19 heavy (non-hydrogen) atoms. The maximum atomic E-state index is 13.2. The fraction of sp³-hybridized carbons (Fsp3) is 0.571. The molecule has 2 aliphatic heterocycles. The fourth-order valence-corrected chi connectivity index (χ4v) is 2.99. The zero-order valence-electron chi connectivity index (χ0n) is 11.0. The number of fused-ring (bicyclic) bond motifs is 1. The Bertz CT molecular complexity index is 490. The summed E-state index contributed by atoms with van der Waals surface area (Å²) in [5, 5.41) is 0. The van der Waals surface area contributed by atoms with Crippen molar-refractivity contribution < 1.29 is 18.3 Å². The van der Waals surface area contributed by atoms with Crippen LogP contribution in [0.25, 0.3) is 0 Å². The van der Waals surface area contributed by atoms with Gasteiger partial charge in [-0.15, -0.1) is 8.78 Å². The second-order valence-corrected chi connectivity index (χ2v) is 5.33. The molecule has 104 valence electrons.